The number of aliphatic carboxylic acids is 1. The third-order valence-electron chi connectivity index (χ3n) is 7.11. The summed E-state index contributed by atoms with van der Waals surface area (Å²) in [5.74, 6) is -2.20. The number of amides is 3. The number of carboxylic acids is 1. The highest BCUT2D eigenvalue weighted by atomic mass is 35.5. The van der Waals surface area contributed by atoms with Gasteiger partial charge in [0, 0.05) is 37.1 Å². The summed E-state index contributed by atoms with van der Waals surface area (Å²) < 4.78 is 28.6. The molecule has 13 heteroatoms. The number of fused-ring (bicyclic) bond motifs is 1. The van der Waals surface area contributed by atoms with E-state index in [9.17, 15) is 27.6 Å². The van der Waals surface area contributed by atoms with Crippen LogP contribution in [-0.4, -0.2) is 84.8 Å². The molecule has 2 aromatic carbocycles. The highest BCUT2D eigenvalue weighted by molar-refractivity contribution is 7.89. The normalized spacial score (nSPS) is 20.7. The number of carboxylic acid groups (broad SMARTS) is 1. The molecule has 11 nitrogen and oxygen atoms in total. The summed E-state index contributed by atoms with van der Waals surface area (Å²) in [6, 6.07) is 7.65. The van der Waals surface area contributed by atoms with Crippen LogP contribution in [-0.2, 0) is 29.2 Å². The molecule has 0 bridgehead atoms. The Morgan fingerprint density at radius 3 is 2.54 bits per heavy atom. The topological polar surface area (TPSA) is 153 Å². The molecular formula is C26H31ClN4O7S. The first-order chi connectivity index (χ1) is 18.4. The Morgan fingerprint density at radius 1 is 1.08 bits per heavy atom. The van der Waals surface area contributed by atoms with Crippen LogP contribution >= 0.6 is 11.6 Å². The van der Waals surface area contributed by atoms with Gasteiger partial charge in [0.25, 0.3) is 0 Å². The molecule has 0 spiro atoms. The molecule has 39 heavy (non-hydrogen) atoms. The van der Waals surface area contributed by atoms with Gasteiger partial charge in [-0.2, -0.15) is 4.72 Å². The Hall–Kier alpha value is -3.22. The lowest BCUT2D eigenvalue weighted by molar-refractivity contribution is -0.144. The van der Waals surface area contributed by atoms with Gasteiger partial charge in [-0.05, 0) is 61.2 Å². The van der Waals surface area contributed by atoms with E-state index in [2.05, 4.69) is 10.0 Å². The standard InChI is InChI=1S/C26H31ClN4O7S/c1-16(25(35)30-11-2-3-20(15-30)28-23(32)8-9-24(33)34)31-12-10-22(26(31)36)29-39(37,38)21-7-5-17-13-19(27)6-4-18(17)14-21/h4-7,13-14,16,20,22,29H,2-3,8-12,15H2,1H3,(H,28,32)(H,33,34)/t16-,20?,22-/m0/s1. The summed E-state index contributed by atoms with van der Waals surface area (Å²) in [4.78, 5) is 52.1. The van der Waals surface area contributed by atoms with E-state index >= 15 is 0 Å². The minimum absolute atomic E-state index is 0.0254. The maximum Gasteiger partial charge on any atom is 0.303 e. The van der Waals surface area contributed by atoms with Crippen molar-refractivity contribution in [1.82, 2.24) is 19.8 Å². The Morgan fingerprint density at radius 2 is 1.79 bits per heavy atom. The molecule has 4 rings (SSSR count). The van der Waals surface area contributed by atoms with E-state index in [1.165, 1.54) is 17.0 Å². The second kappa shape index (κ2) is 11.9. The second-order valence-corrected chi connectivity index (χ2v) is 12.1. The SMILES string of the molecule is C[C@@H](C(=O)N1CCCC(NC(=O)CCC(=O)O)C1)N1CC[C@H](NS(=O)(=O)c2ccc3cc(Cl)ccc3c2)C1=O. The van der Waals surface area contributed by atoms with Crippen LogP contribution in [0.2, 0.25) is 5.02 Å². The smallest absolute Gasteiger partial charge is 0.303 e. The van der Waals surface area contributed by atoms with Crippen molar-refractivity contribution in [2.75, 3.05) is 19.6 Å². The van der Waals surface area contributed by atoms with Gasteiger partial charge < -0.3 is 20.2 Å². The predicted octanol–water partition coefficient (Wildman–Crippen LogP) is 1.73. The first kappa shape index (κ1) is 28.8. The number of hydrogen-bond donors (Lipinski definition) is 3. The minimum Gasteiger partial charge on any atom is -0.481 e. The van der Waals surface area contributed by atoms with Crippen LogP contribution in [0.15, 0.2) is 41.3 Å². The Balaban J connectivity index is 1.36. The van der Waals surface area contributed by atoms with Crippen LogP contribution in [0.3, 0.4) is 0 Å². The molecular weight excluding hydrogens is 548 g/mol. The number of halogens is 1. The van der Waals surface area contributed by atoms with Crippen LogP contribution in [0.1, 0.15) is 39.0 Å². The number of likely N-dealkylation sites (tertiary alicyclic amines) is 2. The summed E-state index contributed by atoms with van der Waals surface area (Å²) in [5, 5.41) is 13.5. The summed E-state index contributed by atoms with van der Waals surface area (Å²) in [5.41, 5.74) is 0. The molecule has 2 heterocycles. The van der Waals surface area contributed by atoms with Crippen molar-refractivity contribution in [2.24, 2.45) is 0 Å². The van der Waals surface area contributed by atoms with Crippen LogP contribution in [0.5, 0.6) is 0 Å². The number of hydrogen-bond acceptors (Lipinski definition) is 6. The summed E-state index contributed by atoms with van der Waals surface area (Å²) in [7, 11) is -4.00. The molecule has 1 unspecified atom stereocenters. The molecule has 2 fully saturated rings. The summed E-state index contributed by atoms with van der Waals surface area (Å²) in [6.07, 6.45) is 1.13. The molecule has 0 aliphatic carbocycles. The fraction of sp³-hybridized carbons (Fsp3) is 0.462. The Labute approximate surface area is 231 Å². The average molecular weight is 579 g/mol. The van der Waals surface area contributed by atoms with Gasteiger partial charge in [-0.25, -0.2) is 8.42 Å². The number of benzene rings is 2. The number of carbonyl (C=O) groups is 4. The molecule has 0 saturated carbocycles. The van der Waals surface area contributed by atoms with Gasteiger partial charge in [0.15, 0.2) is 0 Å². The Kier molecular flexibility index (Phi) is 8.77. The number of piperidine rings is 1. The van der Waals surface area contributed by atoms with Gasteiger partial charge in [-0.1, -0.05) is 23.7 Å². The largest absolute Gasteiger partial charge is 0.481 e. The number of rotatable bonds is 9. The fourth-order valence-electron chi connectivity index (χ4n) is 5.03. The lowest BCUT2D eigenvalue weighted by atomic mass is 10.0. The van der Waals surface area contributed by atoms with Crippen molar-refractivity contribution < 1.29 is 32.7 Å². The van der Waals surface area contributed by atoms with E-state index in [-0.39, 0.29) is 55.1 Å². The van der Waals surface area contributed by atoms with E-state index in [1.807, 2.05) is 0 Å². The van der Waals surface area contributed by atoms with E-state index in [0.717, 1.165) is 5.39 Å². The molecule has 2 aliphatic heterocycles. The Bertz CT molecular complexity index is 1400. The predicted molar refractivity (Wildman–Crippen MR) is 143 cm³/mol. The molecule has 3 N–H and O–H groups in total. The molecule has 210 valence electrons. The van der Waals surface area contributed by atoms with Crippen LogP contribution in [0.4, 0.5) is 0 Å². The summed E-state index contributed by atoms with van der Waals surface area (Å²) in [6.45, 7) is 2.56. The molecule has 3 amide bonds. The quantitative estimate of drug-likeness (QED) is 0.409. The zero-order valence-electron chi connectivity index (χ0n) is 21.4. The van der Waals surface area contributed by atoms with E-state index in [4.69, 9.17) is 16.7 Å². The maximum absolute atomic E-state index is 13.2. The van der Waals surface area contributed by atoms with Crippen molar-refractivity contribution in [3.63, 3.8) is 0 Å². The first-order valence-corrected chi connectivity index (χ1v) is 14.6. The van der Waals surface area contributed by atoms with Crippen molar-refractivity contribution >= 4 is 56.1 Å². The highest BCUT2D eigenvalue weighted by Crippen LogP contribution is 2.24. The van der Waals surface area contributed by atoms with Crippen molar-refractivity contribution in [3.8, 4) is 0 Å². The first-order valence-electron chi connectivity index (χ1n) is 12.8. The molecule has 2 aliphatic rings. The van der Waals surface area contributed by atoms with Gasteiger partial charge in [0.2, 0.25) is 27.7 Å². The highest BCUT2D eigenvalue weighted by Gasteiger charge is 2.40. The van der Waals surface area contributed by atoms with Crippen LogP contribution in [0.25, 0.3) is 10.8 Å². The van der Waals surface area contributed by atoms with Crippen molar-refractivity contribution in [1.29, 1.82) is 0 Å². The van der Waals surface area contributed by atoms with Gasteiger partial charge in [-0.15, -0.1) is 0 Å². The monoisotopic (exact) mass is 578 g/mol. The maximum atomic E-state index is 13.2. The lowest BCUT2D eigenvalue weighted by Gasteiger charge is -2.36. The van der Waals surface area contributed by atoms with Crippen LogP contribution < -0.4 is 10.0 Å². The minimum atomic E-state index is -4.00. The molecule has 3 atom stereocenters. The number of sulfonamides is 1. The van der Waals surface area contributed by atoms with E-state index in [0.29, 0.717) is 29.8 Å². The average Bonchev–Trinajstić information content (AvgIpc) is 3.25. The van der Waals surface area contributed by atoms with E-state index in [1.54, 1.807) is 36.1 Å². The lowest BCUT2D eigenvalue weighted by Crippen LogP contribution is -2.55. The fourth-order valence-corrected chi connectivity index (χ4v) is 6.47. The molecule has 2 aromatic rings. The van der Waals surface area contributed by atoms with Crippen molar-refractivity contribution in [2.45, 2.75) is 62.0 Å². The number of carbonyl (C=O) groups excluding carboxylic acids is 3. The number of nitrogens with one attached hydrogen (secondary N) is 2. The van der Waals surface area contributed by atoms with Crippen LogP contribution in [0, 0.1) is 0 Å². The zero-order valence-corrected chi connectivity index (χ0v) is 23.0. The molecule has 2 saturated heterocycles. The van der Waals surface area contributed by atoms with Gasteiger partial charge in [-0.3, -0.25) is 19.2 Å². The third kappa shape index (κ3) is 6.87. The summed E-state index contributed by atoms with van der Waals surface area (Å²) >= 11 is 6.00. The third-order valence-corrected chi connectivity index (χ3v) is 8.81. The van der Waals surface area contributed by atoms with Crippen molar-refractivity contribution in [3.05, 3.63) is 41.4 Å². The van der Waals surface area contributed by atoms with Gasteiger partial charge in [0.05, 0.1) is 11.3 Å². The molecule has 0 radical (unpaired) electrons. The van der Waals surface area contributed by atoms with Gasteiger partial charge >= 0.3 is 5.97 Å². The number of nitrogens with zero attached hydrogens (tertiary/aromatic N) is 2. The second-order valence-electron chi connectivity index (χ2n) is 9.91. The van der Waals surface area contributed by atoms with Gasteiger partial charge in [0.1, 0.15) is 12.1 Å². The van der Waals surface area contributed by atoms with E-state index < -0.39 is 34.0 Å². The molecule has 0 aromatic heterocycles. The zero-order chi connectivity index (χ0) is 28.3.